The Morgan fingerprint density at radius 2 is 2.00 bits per heavy atom. The molecule has 1 aromatic heterocycles. The summed E-state index contributed by atoms with van der Waals surface area (Å²) < 4.78 is 5.72. The number of thiophene rings is 1. The van der Waals surface area contributed by atoms with Crippen LogP contribution >= 0.6 is 11.3 Å². The molecule has 1 aromatic carbocycles. The lowest BCUT2D eigenvalue weighted by atomic mass is 10.0. The Morgan fingerprint density at radius 3 is 2.61 bits per heavy atom. The molecule has 3 heteroatoms. The van der Waals surface area contributed by atoms with Gasteiger partial charge in [-0.3, -0.25) is 0 Å². The van der Waals surface area contributed by atoms with Crippen LogP contribution in [0.3, 0.4) is 0 Å². The second-order valence-electron chi connectivity index (χ2n) is 4.38. The largest absolute Gasteiger partial charge is 0.488 e. The van der Waals surface area contributed by atoms with Gasteiger partial charge in [0.2, 0.25) is 0 Å². The number of hydrogen-bond acceptors (Lipinski definition) is 3. The van der Waals surface area contributed by atoms with E-state index in [1.807, 2.05) is 18.2 Å². The molecule has 0 amide bonds. The first-order chi connectivity index (χ1) is 8.78. The highest BCUT2D eigenvalue weighted by atomic mass is 32.1. The Labute approximate surface area is 112 Å². The Kier molecular flexibility index (Phi) is 4.79. The molecule has 2 N–H and O–H groups in total. The third kappa shape index (κ3) is 3.86. The molecular weight excluding hydrogens is 242 g/mol. The molecule has 0 bridgehead atoms. The summed E-state index contributed by atoms with van der Waals surface area (Å²) >= 11 is 1.72. The van der Waals surface area contributed by atoms with E-state index in [9.17, 15) is 0 Å². The quantitative estimate of drug-likeness (QED) is 0.862. The van der Waals surface area contributed by atoms with Crippen LogP contribution in [0.4, 0.5) is 0 Å². The van der Waals surface area contributed by atoms with Gasteiger partial charge in [0.25, 0.3) is 0 Å². The van der Waals surface area contributed by atoms with Crippen molar-refractivity contribution in [3.05, 3.63) is 52.2 Å². The molecule has 2 nitrogen and oxygen atoms in total. The molecule has 0 aliphatic heterocycles. The van der Waals surface area contributed by atoms with Crippen LogP contribution in [0.15, 0.2) is 41.8 Å². The van der Waals surface area contributed by atoms with Gasteiger partial charge in [0.15, 0.2) is 0 Å². The highest BCUT2D eigenvalue weighted by Gasteiger charge is 2.02. The summed E-state index contributed by atoms with van der Waals surface area (Å²) in [6.07, 6.45) is 1.94. The number of hydrogen-bond donors (Lipinski definition) is 1. The molecule has 0 spiro atoms. The summed E-state index contributed by atoms with van der Waals surface area (Å²) in [5.41, 5.74) is 7.21. The van der Waals surface area contributed by atoms with Crippen LogP contribution in [0.5, 0.6) is 5.75 Å². The molecule has 96 valence electrons. The van der Waals surface area contributed by atoms with Crippen LogP contribution in [-0.2, 0) is 13.0 Å². The van der Waals surface area contributed by atoms with Crippen molar-refractivity contribution in [1.82, 2.24) is 0 Å². The standard InChI is InChI=1S/C15H19NOS/c1-2-13(16)10-12-5-7-14(8-6-12)17-11-15-4-3-9-18-15/h3-9,13H,2,10-11,16H2,1H3. The van der Waals surface area contributed by atoms with E-state index in [1.54, 1.807) is 11.3 Å². The van der Waals surface area contributed by atoms with Gasteiger partial charge in [0, 0.05) is 10.9 Å². The summed E-state index contributed by atoms with van der Waals surface area (Å²) in [6, 6.07) is 12.6. The van der Waals surface area contributed by atoms with E-state index in [4.69, 9.17) is 10.5 Å². The van der Waals surface area contributed by atoms with Crippen molar-refractivity contribution in [1.29, 1.82) is 0 Å². The zero-order valence-corrected chi connectivity index (χ0v) is 11.5. The maximum atomic E-state index is 5.94. The van der Waals surface area contributed by atoms with Gasteiger partial charge >= 0.3 is 0 Å². The van der Waals surface area contributed by atoms with E-state index in [2.05, 4.69) is 30.5 Å². The molecule has 0 fully saturated rings. The predicted molar refractivity (Wildman–Crippen MR) is 77.1 cm³/mol. The Balaban J connectivity index is 1.87. The first-order valence-electron chi connectivity index (χ1n) is 6.27. The molecule has 18 heavy (non-hydrogen) atoms. The normalized spacial score (nSPS) is 12.3. The van der Waals surface area contributed by atoms with Crippen LogP contribution in [0.25, 0.3) is 0 Å². The van der Waals surface area contributed by atoms with Gasteiger partial charge in [0.1, 0.15) is 12.4 Å². The Bertz CT molecular complexity index is 450. The maximum absolute atomic E-state index is 5.94. The van der Waals surface area contributed by atoms with Crippen LogP contribution in [0.1, 0.15) is 23.8 Å². The van der Waals surface area contributed by atoms with Crippen molar-refractivity contribution in [3.63, 3.8) is 0 Å². The van der Waals surface area contributed by atoms with Crippen molar-refractivity contribution in [2.75, 3.05) is 0 Å². The fraction of sp³-hybridized carbons (Fsp3) is 0.333. The van der Waals surface area contributed by atoms with E-state index in [0.717, 1.165) is 18.6 Å². The molecule has 0 aliphatic rings. The molecule has 0 saturated heterocycles. The van der Waals surface area contributed by atoms with Crippen molar-refractivity contribution in [3.8, 4) is 5.75 Å². The smallest absolute Gasteiger partial charge is 0.122 e. The summed E-state index contributed by atoms with van der Waals surface area (Å²) in [5, 5.41) is 2.06. The molecule has 2 aromatic rings. The number of benzene rings is 1. The zero-order chi connectivity index (χ0) is 12.8. The van der Waals surface area contributed by atoms with Crippen LogP contribution in [0, 0.1) is 0 Å². The minimum absolute atomic E-state index is 0.253. The average Bonchev–Trinajstić information content (AvgIpc) is 2.91. The molecule has 1 heterocycles. The van der Waals surface area contributed by atoms with Gasteiger partial charge in [0.05, 0.1) is 0 Å². The van der Waals surface area contributed by atoms with E-state index < -0.39 is 0 Å². The van der Waals surface area contributed by atoms with Crippen molar-refractivity contribution < 1.29 is 4.74 Å². The molecule has 0 saturated carbocycles. The number of ether oxygens (including phenoxy) is 1. The fourth-order valence-electron chi connectivity index (χ4n) is 1.72. The first-order valence-corrected chi connectivity index (χ1v) is 7.15. The van der Waals surface area contributed by atoms with Gasteiger partial charge < -0.3 is 10.5 Å². The van der Waals surface area contributed by atoms with Crippen molar-refractivity contribution in [2.45, 2.75) is 32.4 Å². The summed E-state index contributed by atoms with van der Waals surface area (Å²) in [7, 11) is 0. The van der Waals surface area contributed by atoms with Gasteiger partial charge in [-0.1, -0.05) is 25.1 Å². The molecule has 1 unspecified atom stereocenters. The number of nitrogens with two attached hydrogens (primary N) is 1. The molecular formula is C15H19NOS. The lowest BCUT2D eigenvalue weighted by molar-refractivity contribution is 0.309. The van der Waals surface area contributed by atoms with Crippen LogP contribution < -0.4 is 10.5 Å². The van der Waals surface area contributed by atoms with Crippen molar-refractivity contribution >= 4 is 11.3 Å². The second kappa shape index (κ2) is 6.57. The third-order valence-corrected chi connectivity index (χ3v) is 3.76. The lowest BCUT2D eigenvalue weighted by Gasteiger charge is -2.09. The van der Waals surface area contributed by atoms with Crippen molar-refractivity contribution in [2.24, 2.45) is 5.73 Å². The molecule has 0 radical (unpaired) electrons. The minimum atomic E-state index is 0.253. The van der Waals surface area contributed by atoms with Gasteiger partial charge in [-0.15, -0.1) is 11.3 Å². The predicted octanol–water partition coefficient (Wildman–Crippen LogP) is 3.61. The van der Waals surface area contributed by atoms with E-state index in [-0.39, 0.29) is 6.04 Å². The van der Waals surface area contributed by atoms with E-state index >= 15 is 0 Å². The first kappa shape index (κ1) is 13.1. The summed E-state index contributed by atoms with van der Waals surface area (Å²) in [6.45, 7) is 2.76. The van der Waals surface area contributed by atoms with E-state index in [0.29, 0.717) is 6.61 Å². The van der Waals surface area contributed by atoms with Crippen LogP contribution in [-0.4, -0.2) is 6.04 Å². The Morgan fingerprint density at radius 1 is 1.22 bits per heavy atom. The second-order valence-corrected chi connectivity index (χ2v) is 5.42. The lowest BCUT2D eigenvalue weighted by Crippen LogP contribution is -2.21. The molecule has 2 rings (SSSR count). The van der Waals surface area contributed by atoms with Crippen LogP contribution in [0.2, 0.25) is 0 Å². The highest BCUT2D eigenvalue weighted by Crippen LogP contribution is 2.17. The summed E-state index contributed by atoms with van der Waals surface area (Å²) in [5.74, 6) is 0.914. The topological polar surface area (TPSA) is 35.2 Å². The third-order valence-electron chi connectivity index (χ3n) is 2.91. The van der Waals surface area contributed by atoms with Gasteiger partial charge in [-0.2, -0.15) is 0 Å². The fourth-order valence-corrected chi connectivity index (χ4v) is 2.33. The van der Waals surface area contributed by atoms with E-state index in [1.165, 1.54) is 10.4 Å². The minimum Gasteiger partial charge on any atom is -0.488 e. The molecule has 1 atom stereocenters. The highest BCUT2D eigenvalue weighted by molar-refractivity contribution is 7.09. The number of rotatable bonds is 6. The summed E-state index contributed by atoms with van der Waals surface area (Å²) in [4.78, 5) is 1.24. The monoisotopic (exact) mass is 261 g/mol. The SMILES string of the molecule is CCC(N)Cc1ccc(OCc2cccs2)cc1. The Hall–Kier alpha value is -1.32. The average molecular weight is 261 g/mol. The molecule has 0 aliphatic carbocycles. The van der Waals surface area contributed by atoms with Gasteiger partial charge in [-0.25, -0.2) is 0 Å². The zero-order valence-electron chi connectivity index (χ0n) is 10.6. The van der Waals surface area contributed by atoms with Gasteiger partial charge in [-0.05, 0) is 42.0 Å². The maximum Gasteiger partial charge on any atom is 0.122 e.